The van der Waals surface area contributed by atoms with Gasteiger partial charge in [0.05, 0.1) is 22.4 Å². The van der Waals surface area contributed by atoms with E-state index >= 15 is 0 Å². The van der Waals surface area contributed by atoms with Crippen LogP contribution in [0.5, 0.6) is 0 Å². The zero-order chi connectivity index (χ0) is 36.9. The van der Waals surface area contributed by atoms with Crippen molar-refractivity contribution in [2.75, 3.05) is 0 Å². The molecule has 0 N–H and O–H groups in total. The molecule has 0 aliphatic rings. The molecule has 4 aromatic carbocycles. The molecule has 3 heterocycles. The molecule has 0 amide bonds. The van der Waals surface area contributed by atoms with E-state index < -0.39 is 31.9 Å². The molecule has 7 rings (SSSR count). The zero-order valence-corrected chi connectivity index (χ0v) is 32.4. The number of pyridine rings is 1. The SMILES string of the molecule is CCn1c(-c2[c-]ccc3c2oc2ccccc23)nc2ccccc21.[2H]C([2H])([2H])c1c[c-]c(-c2cc(C([2H])([2H])C(C)(C)C)[c]([Ge]([CH3])([CH3])[CH3])cn2)cc1.[Ir]. The number of aryl methyl sites for hydroxylation is 2. The van der Waals surface area contributed by atoms with E-state index in [2.05, 4.69) is 64.1 Å². The molecule has 0 atom stereocenters. The first-order valence-electron chi connectivity index (χ1n) is 18.2. The van der Waals surface area contributed by atoms with Gasteiger partial charge in [0.1, 0.15) is 5.58 Å². The first-order valence-corrected chi connectivity index (χ1v) is 23.1. The van der Waals surface area contributed by atoms with Gasteiger partial charge >= 0.3 is 145 Å². The third kappa shape index (κ3) is 7.48. The summed E-state index contributed by atoms with van der Waals surface area (Å²) in [5.41, 5.74) is 6.44. The van der Waals surface area contributed by atoms with Gasteiger partial charge in [-0.3, -0.25) is 4.98 Å². The van der Waals surface area contributed by atoms with Gasteiger partial charge in [0.15, 0.2) is 0 Å². The van der Waals surface area contributed by atoms with Crippen molar-refractivity contribution in [3.63, 3.8) is 0 Å². The summed E-state index contributed by atoms with van der Waals surface area (Å²) in [6, 6.07) is 33.3. The average Bonchev–Trinajstić information content (AvgIpc) is 3.65. The molecule has 6 heteroatoms. The van der Waals surface area contributed by atoms with Gasteiger partial charge in [0, 0.05) is 32.0 Å². The summed E-state index contributed by atoms with van der Waals surface area (Å²) in [6.45, 7) is 6.54. The van der Waals surface area contributed by atoms with Gasteiger partial charge in [0.2, 0.25) is 0 Å². The molecule has 7 aromatic rings. The van der Waals surface area contributed by atoms with Crippen molar-refractivity contribution in [3.05, 3.63) is 114 Å². The number of aromatic nitrogens is 3. The molecule has 243 valence electrons. The van der Waals surface area contributed by atoms with Crippen molar-refractivity contribution >= 4 is 50.6 Å². The summed E-state index contributed by atoms with van der Waals surface area (Å²) in [5, 5.41) is 2.23. The van der Waals surface area contributed by atoms with Crippen molar-refractivity contribution in [1.29, 1.82) is 0 Å². The predicted octanol–water partition coefficient (Wildman–Crippen LogP) is 10.4. The number of rotatable bonds is 5. The number of hydrogen-bond donors (Lipinski definition) is 0. The van der Waals surface area contributed by atoms with Crippen LogP contribution in [0.1, 0.15) is 45.7 Å². The molecular formula is C41H43GeIrN3O-2. The third-order valence-electron chi connectivity index (χ3n) is 7.84. The van der Waals surface area contributed by atoms with Crippen LogP contribution in [0.15, 0.2) is 95.5 Å². The summed E-state index contributed by atoms with van der Waals surface area (Å²) in [7, 11) is 0. The summed E-state index contributed by atoms with van der Waals surface area (Å²) in [4.78, 5) is 9.42. The van der Waals surface area contributed by atoms with Crippen LogP contribution >= 0.6 is 0 Å². The van der Waals surface area contributed by atoms with Crippen LogP contribution in [0.2, 0.25) is 17.3 Å². The standard InChI is InChI=1S/C21H15N2O.C20H28GeN.Ir/c1-2-23-18-12-5-4-11-17(18)22-21(23)16-10-7-9-15-14-8-3-6-13-19(14)24-20(15)16;1-15-8-10-16(11-9-15)19-12-17(13-20(2,3)4)18(14-22-19)21(5,6)7;/h3-9,11-13H,2H2,1H3;8-10,12,14H,13H2,1-7H3;/q2*-1;/i;1D3,13D2;. The molecule has 4 nitrogen and oxygen atoms in total. The number of imidazole rings is 1. The Bertz CT molecular complexity index is 2350. The molecule has 0 unspecified atom stereocenters. The fourth-order valence-electron chi connectivity index (χ4n) is 5.73. The van der Waals surface area contributed by atoms with Crippen molar-refractivity contribution in [1.82, 2.24) is 14.5 Å². The van der Waals surface area contributed by atoms with Gasteiger partial charge in [-0.05, 0) is 25.1 Å². The Morgan fingerprint density at radius 2 is 1.72 bits per heavy atom. The number of nitrogens with zero attached hydrogens (tertiary/aromatic N) is 3. The minimum absolute atomic E-state index is 0. The molecule has 1 radical (unpaired) electrons. The second-order valence-electron chi connectivity index (χ2n) is 13.6. The normalized spacial score (nSPS) is 14.0. The van der Waals surface area contributed by atoms with E-state index in [9.17, 15) is 0 Å². The van der Waals surface area contributed by atoms with Crippen LogP contribution in [0.3, 0.4) is 0 Å². The maximum absolute atomic E-state index is 8.80. The van der Waals surface area contributed by atoms with Crippen molar-refractivity contribution in [3.8, 4) is 22.6 Å². The second kappa shape index (κ2) is 13.9. The van der Waals surface area contributed by atoms with E-state index in [-0.39, 0.29) is 25.7 Å². The van der Waals surface area contributed by atoms with E-state index in [0.717, 1.165) is 55.3 Å². The van der Waals surface area contributed by atoms with E-state index in [1.807, 2.05) is 75.5 Å². The fourth-order valence-corrected chi connectivity index (χ4v) is 8.66. The average molecular weight is 864 g/mol. The maximum atomic E-state index is 8.80. The van der Waals surface area contributed by atoms with Crippen LogP contribution in [0, 0.1) is 24.4 Å². The van der Waals surface area contributed by atoms with Crippen LogP contribution < -0.4 is 4.40 Å². The van der Waals surface area contributed by atoms with Crippen LogP contribution in [0.4, 0.5) is 0 Å². The van der Waals surface area contributed by atoms with Gasteiger partial charge in [-0.15, -0.1) is 18.2 Å². The first-order chi connectivity index (χ1) is 23.9. The largest absolute Gasteiger partial charge is 0 e. The summed E-state index contributed by atoms with van der Waals surface area (Å²) >= 11 is -2.36. The number of benzene rings is 4. The predicted molar refractivity (Wildman–Crippen MR) is 196 cm³/mol. The van der Waals surface area contributed by atoms with Gasteiger partial charge in [-0.25, -0.2) is 0 Å². The van der Waals surface area contributed by atoms with Crippen molar-refractivity contribution in [2.24, 2.45) is 5.41 Å². The van der Waals surface area contributed by atoms with E-state index in [4.69, 9.17) is 16.3 Å². The fraction of sp³-hybridized carbons (Fsp3) is 0.268. The molecule has 0 saturated heterocycles. The molecular weight excluding hydrogens is 815 g/mol. The van der Waals surface area contributed by atoms with Gasteiger partial charge in [0.25, 0.3) is 0 Å². The Morgan fingerprint density at radius 1 is 0.957 bits per heavy atom. The molecule has 0 spiro atoms. The summed E-state index contributed by atoms with van der Waals surface area (Å²) in [5.74, 6) is 7.60. The van der Waals surface area contributed by atoms with E-state index in [1.54, 1.807) is 12.1 Å². The van der Waals surface area contributed by atoms with Crippen LogP contribution in [-0.2, 0) is 33.0 Å². The van der Waals surface area contributed by atoms with Crippen LogP contribution in [-0.4, -0.2) is 27.8 Å². The Hall–Kier alpha value is -3.51. The molecule has 0 aliphatic carbocycles. The first kappa shape index (κ1) is 28.5. The molecule has 47 heavy (non-hydrogen) atoms. The van der Waals surface area contributed by atoms with Gasteiger partial charge < -0.3 is 8.98 Å². The van der Waals surface area contributed by atoms with E-state index in [1.165, 1.54) is 6.07 Å². The molecule has 0 bridgehead atoms. The number of furan rings is 1. The third-order valence-corrected chi connectivity index (χ3v) is 12.1. The molecule has 0 fully saturated rings. The number of hydrogen-bond acceptors (Lipinski definition) is 3. The van der Waals surface area contributed by atoms with Crippen LogP contribution in [0.25, 0.3) is 55.6 Å². The van der Waals surface area contributed by atoms with E-state index in [0.29, 0.717) is 16.8 Å². The second-order valence-corrected chi connectivity index (χ2v) is 24.2. The van der Waals surface area contributed by atoms with Crippen molar-refractivity contribution < 1.29 is 31.4 Å². The Morgan fingerprint density at radius 3 is 2.43 bits per heavy atom. The maximum Gasteiger partial charge on any atom is 0 e. The Balaban J connectivity index is 0.000000198. The summed E-state index contributed by atoms with van der Waals surface area (Å²) in [6.07, 6.45) is 0.303. The number of para-hydroxylation sites is 3. The Kier molecular flexibility index (Phi) is 8.44. The minimum atomic E-state index is -2.36. The monoisotopic (exact) mass is 865 g/mol. The minimum Gasteiger partial charge on any atom is 0 e. The molecule has 3 aromatic heterocycles. The smallest absolute Gasteiger partial charge is 0 e. The van der Waals surface area contributed by atoms with Crippen molar-refractivity contribution in [2.45, 2.75) is 64.7 Å². The quantitative estimate of drug-likeness (QED) is 0.128. The molecule has 0 saturated carbocycles. The summed E-state index contributed by atoms with van der Waals surface area (Å²) < 4.78 is 49.5. The van der Waals surface area contributed by atoms with Gasteiger partial charge in [-0.1, -0.05) is 41.3 Å². The number of fused-ring (bicyclic) bond motifs is 4. The Labute approximate surface area is 302 Å². The molecule has 0 aliphatic heterocycles. The van der Waals surface area contributed by atoms with Gasteiger partial charge in [-0.2, -0.15) is 0 Å². The topological polar surface area (TPSA) is 43.9 Å². The zero-order valence-electron chi connectivity index (χ0n) is 33.0.